The summed E-state index contributed by atoms with van der Waals surface area (Å²) in [6.45, 7) is 5.05. The van der Waals surface area contributed by atoms with Crippen LogP contribution in [0.4, 0.5) is 5.82 Å². The number of hydrogen-bond acceptors (Lipinski definition) is 8. The molecule has 1 aliphatic heterocycles. The second-order valence-corrected chi connectivity index (χ2v) is 7.84. The molecule has 2 aromatic heterocycles. The Labute approximate surface area is 185 Å². The number of aryl methyl sites for hydroxylation is 1. The number of hydrogen-bond donors (Lipinski definition) is 1. The molecular weight excluding hydrogens is 406 g/mol. The van der Waals surface area contributed by atoms with E-state index in [0.29, 0.717) is 17.3 Å². The van der Waals surface area contributed by atoms with Gasteiger partial charge < -0.3 is 14.6 Å². The number of esters is 1. The van der Waals surface area contributed by atoms with Crippen molar-refractivity contribution in [1.29, 1.82) is 0 Å². The van der Waals surface area contributed by atoms with Gasteiger partial charge in [0, 0.05) is 50.2 Å². The first-order valence-electron chi connectivity index (χ1n) is 10.5. The smallest absolute Gasteiger partial charge is 0.337 e. The quantitative estimate of drug-likeness (QED) is 0.463. The fraction of sp³-hybridized carbons (Fsp3) is 0.250. The molecule has 0 saturated carbocycles. The molecule has 8 heteroatoms. The number of aromatic nitrogens is 3. The molecule has 162 valence electrons. The van der Waals surface area contributed by atoms with Crippen LogP contribution in [-0.4, -0.2) is 46.2 Å². The van der Waals surface area contributed by atoms with Crippen molar-refractivity contribution in [2.75, 3.05) is 25.5 Å². The molecule has 0 aliphatic carbocycles. The summed E-state index contributed by atoms with van der Waals surface area (Å²) in [7, 11) is 1.40. The van der Waals surface area contributed by atoms with E-state index in [1.807, 2.05) is 48.7 Å². The molecule has 5 rings (SSSR count). The van der Waals surface area contributed by atoms with E-state index in [1.54, 1.807) is 6.92 Å². The van der Waals surface area contributed by atoms with Gasteiger partial charge in [0.2, 0.25) is 11.7 Å². The summed E-state index contributed by atoms with van der Waals surface area (Å²) in [4.78, 5) is 23.0. The van der Waals surface area contributed by atoms with Crippen LogP contribution in [0.3, 0.4) is 0 Å². The predicted octanol–water partition coefficient (Wildman–Crippen LogP) is 3.81. The maximum atomic E-state index is 11.8. The molecule has 3 heterocycles. The molecule has 0 spiro atoms. The average Bonchev–Trinajstić information content (AvgIpc) is 3.43. The van der Waals surface area contributed by atoms with E-state index in [0.717, 1.165) is 48.3 Å². The fourth-order valence-electron chi connectivity index (χ4n) is 4.07. The fourth-order valence-corrected chi connectivity index (χ4v) is 4.07. The van der Waals surface area contributed by atoms with Gasteiger partial charge in [-0.05, 0) is 40.8 Å². The third kappa shape index (κ3) is 3.92. The van der Waals surface area contributed by atoms with Gasteiger partial charge in [-0.1, -0.05) is 23.4 Å². The van der Waals surface area contributed by atoms with Crippen molar-refractivity contribution in [3.05, 3.63) is 71.2 Å². The summed E-state index contributed by atoms with van der Waals surface area (Å²) in [6.07, 6.45) is 1.81. The molecule has 0 unspecified atom stereocenters. The highest BCUT2D eigenvalue weighted by molar-refractivity contribution is 5.94. The van der Waals surface area contributed by atoms with E-state index in [-0.39, 0.29) is 5.97 Å². The van der Waals surface area contributed by atoms with E-state index in [4.69, 9.17) is 9.26 Å². The van der Waals surface area contributed by atoms with Crippen molar-refractivity contribution < 1.29 is 14.1 Å². The SMILES string of the molecule is COC(=O)c1ccc2c(c1)CN(CCNc1nccc3ccc(-c4noc(C)n4)cc13)C2. The Balaban J connectivity index is 1.27. The predicted molar refractivity (Wildman–Crippen MR) is 120 cm³/mol. The minimum absolute atomic E-state index is 0.301. The zero-order valence-corrected chi connectivity index (χ0v) is 18.0. The first-order chi connectivity index (χ1) is 15.6. The molecular formula is C24H23N5O3. The Kier molecular flexibility index (Phi) is 5.28. The lowest BCUT2D eigenvalue weighted by molar-refractivity contribution is 0.0600. The number of pyridine rings is 1. The molecule has 0 radical (unpaired) electrons. The average molecular weight is 429 g/mol. The second-order valence-electron chi connectivity index (χ2n) is 7.84. The highest BCUT2D eigenvalue weighted by atomic mass is 16.5. The number of rotatable bonds is 6. The molecule has 1 N–H and O–H groups in total. The third-order valence-electron chi connectivity index (χ3n) is 5.69. The van der Waals surface area contributed by atoms with Crippen LogP contribution in [0.25, 0.3) is 22.2 Å². The monoisotopic (exact) mass is 429 g/mol. The van der Waals surface area contributed by atoms with Crippen molar-refractivity contribution in [1.82, 2.24) is 20.0 Å². The Hall–Kier alpha value is -3.78. The van der Waals surface area contributed by atoms with Crippen molar-refractivity contribution >= 4 is 22.6 Å². The number of fused-ring (bicyclic) bond motifs is 2. The second kappa shape index (κ2) is 8.39. The van der Waals surface area contributed by atoms with E-state index in [9.17, 15) is 4.79 Å². The summed E-state index contributed by atoms with van der Waals surface area (Å²) >= 11 is 0. The highest BCUT2D eigenvalue weighted by Crippen LogP contribution is 2.27. The Morgan fingerprint density at radius 1 is 1.16 bits per heavy atom. The molecule has 0 amide bonds. The van der Waals surface area contributed by atoms with Crippen LogP contribution in [0.5, 0.6) is 0 Å². The minimum atomic E-state index is -0.301. The molecule has 0 atom stereocenters. The number of nitrogens with zero attached hydrogens (tertiary/aromatic N) is 4. The number of benzene rings is 2. The Morgan fingerprint density at radius 2 is 2.03 bits per heavy atom. The van der Waals surface area contributed by atoms with Crippen molar-refractivity contribution in [3.8, 4) is 11.4 Å². The number of nitrogens with one attached hydrogen (secondary N) is 1. The minimum Gasteiger partial charge on any atom is -0.465 e. The lowest BCUT2D eigenvalue weighted by Gasteiger charge is -2.16. The topological polar surface area (TPSA) is 93.4 Å². The van der Waals surface area contributed by atoms with Gasteiger partial charge in [-0.25, -0.2) is 9.78 Å². The molecule has 32 heavy (non-hydrogen) atoms. The lowest BCUT2D eigenvalue weighted by Crippen LogP contribution is -2.24. The molecule has 1 aliphatic rings. The summed E-state index contributed by atoms with van der Waals surface area (Å²) in [5, 5.41) is 9.60. The van der Waals surface area contributed by atoms with Crippen LogP contribution in [0, 0.1) is 6.92 Å². The van der Waals surface area contributed by atoms with Gasteiger partial charge in [-0.2, -0.15) is 4.98 Å². The highest BCUT2D eigenvalue weighted by Gasteiger charge is 2.20. The molecule has 0 saturated heterocycles. The van der Waals surface area contributed by atoms with Gasteiger partial charge in [-0.15, -0.1) is 0 Å². The van der Waals surface area contributed by atoms with Crippen LogP contribution >= 0.6 is 0 Å². The molecule has 8 nitrogen and oxygen atoms in total. The number of carbonyl (C=O) groups is 1. The summed E-state index contributed by atoms with van der Waals surface area (Å²) in [5.74, 6) is 1.63. The van der Waals surface area contributed by atoms with E-state index >= 15 is 0 Å². The van der Waals surface area contributed by atoms with Crippen LogP contribution < -0.4 is 5.32 Å². The summed E-state index contributed by atoms with van der Waals surface area (Å²) in [6, 6.07) is 13.8. The molecule has 4 aromatic rings. The van der Waals surface area contributed by atoms with E-state index in [2.05, 4.69) is 25.3 Å². The standard InChI is InChI=1S/C24H23N5O3/c1-15-27-22(28-32-15)17-4-3-16-7-8-25-23(21(16)12-17)26-9-10-29-13-19-6-5-18(24(30)31-2)11-20(19)14-29/h3-8,11-12H,9-10,13-14H2,1-2H3,(H,25,26). The number of methoxy groups -OCH3 is 1. The maximum absolute atomic E-state index is 11.8. The zero-order valence-electron chi connectivity index (χ0n) is 18.0. The summed E-state index contributed by atoms with van der Waals surface area (Å²) in [5.41, 5.74) is 3.91. The van der Waals surface area contributed by atoms with Gasteiger partial charge in [0.1, 0.15) is 5.82 Å². The largest absolute Gasteiger partial charge is 0.465 e. The number of ether oxygens (including phenoxy) is 1. The first-order valence-corrected chi connectivity index (χ1v) is 10.5. The lowest BCUT2D eigenvalue weighted by atomic mass is 10.1. The van der Waals surface area contributed by atoms with E-state index in [1.165, 1.54) is 18.2 Å². The molecule has 2 aromatic carbocycles. The van der Waals surface area contributed by atoms with Crippen LogP contribution in [0.15, 0.2) is 53.2 Å². The van der Waals surface area contributed by atoms with Crippen LogP contribution in [0.2, 0.25) is 0 Å². The van der Waals surface area contributed by atoms with Gasteiger partial charge in [0.25, 0.3) is 0 Å². The van der Waals surface area contributed by atoms with Gasteiger partial charge >= 0.3 is 5.97 Å². The Morgan fingerprint density at radius 3 is 2.84 bits per heavy atom. The van der Waals surface area contributed by atoms with Gasteiger partial charge in [-0.3, -0.25) is 4.90 Å². The zero-order chi connectivity index (χ0) is 22.1. The summed E-state index contributed by atoms with van der Waals surface area (Å²) < 4.78 is 9.94. The van der Waals surface area contributed by atoms with Crippen molar-refractivity contribution in [2.24, 2.45) is 0 Å². The first kappa shape index (κ1) is 20.1. The Bertz CT molecular complexity index is 1300. The molecule has 0 fully saturated rings. The maximum Gasteiger partial charge on any atom is 0.337 e. The normalized spacial score (nSPS) is 13.3. The number of anilines is 1. The number of carbonyl (C=O) groups excluding carboxylic acids is 1. The van der Waals surface area contributed by atoms with E-state index < -0.39 is 0 Å². The van der Waals surface area contributed by atoms with Crippen LogP contribution in [-0.2, 0) is 17.8 Å². The van der Waals surface area contributed by atoms with Gasteiger partial charge in [0.05, 0.1) is 12.7 Å². The van der Waals surface area contributed by atoms with Gasteiger partial charge in [0.15, 0.2) is 0 Å². The third-order valence-corrected chi connectivity index (χ3v) is 5.69. The van der Waals surface area contributed by atoms with Crippen LogP contribution in [0.1, 0.15) is 27.4 Å². The van der Waals surface area contributed by atoms with Crippen molar-refractivity contribution in [3.63, 3.8) is 0 Å². The molecule has 0 bridgehead atoms. The van der Waals surface area contributed by atoms with Crippen molar-refractivity contribution in [2.45, 2.75) is 20.0 Å².